The molecule has 0 aromatic carbocycles. The Morgan fingerprint density at radius 1 is 1.24 bits per heavy atom. The normalized spacial score (nSPS) is 10.9. The summed E-state index contributed by atoms with van der Waals surface area (Å²) in [6.45, 7) is 13.6. The molecule has 0 atom stereocenters. The van der Waals surface area contributed by atoms with E-state index in [4.69, 9.17) is 0 Å². The molecule has 0 aliphatic carbocycles. The summed E-state index contributed by atoms with van der Waals surface area (Å²) in [5, 5.41) is 3.43. The molecule has 1 aromatic rings. The van der Waals surface area contributed by atoms with Gasteiger partial charge in [0.25, 0.3) is 0 Å². The molecule has 1 rings (SSSR count). The highest BCUT2D eigenvalue weighted by molar-refractivity contribution is 5.41. The first-order valence-corrected chi connectivity index (χ1v) is 6.53. The minimum atomic E-state index is 0.511. The molecule has 0 spiro atoms. The van der Waals surface area contributed by atoms with Crippen molar-refractivity contribution < 1.29 is 0 Å². The van der Waals surface area contributed by atoms with Gasteiger partial charge in [0.1, 0.15) is 5.82 Å². The van der Waals surface area contributed by atoms with Crippen LogP contribution in [0.2, 0.25) is 0 Å². The van der Waals surface area contributed by atoms with E-state index in [1.54, 1.807) is 0 Å². The van der Waals surface area contributed by atoms with E-state index in [9.17, 15) is 0 Å². The predicted molar refractivity (Wildman–Crippen MR) is 74.5 cm³/mol. The van der Waals surface area contributed by atoms with Crippen molar-refractivity contribution in [3.05, 3.63) is 23.4 Å². The van der Waals surface area contributed by atoms with E-state index in [-0.39, 0.29) is 0 Å². The van der Waals surface area contributed by atoms with E-state index >= 15 is 0 Å². The average molecular weight is 235 g/mol. The minimum Gasteiger partial charge on any atom is -0.357 e. The molecular weight excluding hydrogens is 210 g/mol. The molecule has 1 heterocycles. The smallest absolute Gasteiger partial charge is 0.128 e. The fraction of sp³-hybridized carbons (Fsp3) is 0.643. The van der Waals surface area contributed by atoms with Crippen molar-refractivity contribution in [2.24, 2.45) is 0 Å². The maximum atomic E-state index is 4.68. The van der Waals surface area contributed by atoms with Crippen LogP contribution in [0, 0.1) is 6.92 Å². The monoisotopic (exact) mass is 235 g/mol. The lowest BCUT2D eigenvalue weighted by atomic mass is 10.2. The molecule has 0 fully saturated rings. The summed E-state index contributed by atoms with van der Waals surface area (Å²) in [5.74, 6) is 1.08. The maximum absolute atomic E-state index is 4.68. The van der Waals surface area contributed by atoms with Gasteiger partial charge in [0, 0.05) is 31.4 Å². The number of pyridine rings is 1. The molecule has 0 aliphatic heterocycles. The van der Waals surface area contributed by atoms with Gasteiger partial charge in [0.05, 0.1) is 0 Å². The first kappa shape index (κ1) is 14.0. The number of nitrogens with one attached hydrogen (secondary N) is 1. The van der Waals surface area contributed by atoms with E-state index in [0.29, 0.717) is 6.04 Å². The van der Waals surface area contributed by atoms with Crippen LogP contribution in [0.15, 0.2) is 12.1 Å². The number of aromatic nitrogens is 1. The highest BCUT2D eigenvalue weighted by Crippen LogP contribution is 2.14. The van der Waals surface area contributed by atoms with Crippen molar-refractivity contribution in [1.82, 2.24) is 10.3 Å². The number of aryl methyl sites for hydroxylation is 1. The lowest BCUT2D eigenvalue weighted by molar-refractivity contribution is 0.586. The molecule has 0 aliphatic rings. The predicted octanol–water partition coefficient (Wildman–Crippen LogP) is 2.73. The van der Waals surface area contributed by atoms with Gasteiger partial charge < -0.3 is 10.2 Å². The van der Waals surface area contributed by atoms with Gasteiger partial charge in [-0.25, -0.2) is 4.98 Å². The largest absolute Gasteiger partial charge is 0.357 e. The topological polar surface area (TPSA) is 28.2 Å². The van der Waals surface area contributed by atoms with Crippen molar-refractivity contribution >= 4 is 5.82 Å². The second-order valence-electron chi connectivity index (χ2n) is 4.62. The third kappa shape index (κ3) is 4.00. The summed E-state index contributed by atoms with van der Waals surface area (Å²) in [4.78, 5) is 6.95. The Morgan fingerprint density at radius 3 is 2.35 bits per heavy atom. The average Bonchev–Trinajstić information content (AvgIpc) is 2.29. The van der Waals surface area contributed by atoms with Crippen LogP contribution >= 0.6 is 0 Å². The van der Waals surface area contributed by atoms with Gasteiger partial charge in [0.2, 0.25) is 0 Å². The van der Waals surface area contributed by atoms with Crippen LogP contribution in [-0.4, -0.2) is 24.1 Å². The van der Waals surface area contributed by atoms with Gasteiger partial charge in [-0.2, -0.15) is 0 Å². The van der Waals surface area contributed by atoms with Crippen molar-refractivity contribution in [3.63, 3.8) is 0 Å². The number of hydrogen-bond donors (Lipinski definition) is 1. The van der Waals surface area contributed by atoms with Gasteiger partial charge in [-0.3, -0.25) is 0 Å². The summed E-state index contributed by atoms with van der Waals surface area (Å²) in [5.41, 5.74) is 2.41. The van der Waals surface area contributed by atoms with Crippen molar-refractivity contribution in [2.75, 3.05) is 18.0 Å². The van der Waals surface area contributed by atoms with Gasteiger partial charge in [-0.05, 0) is 32.4 Å². The molecule has 0 radical (unpaired) electrons. The van der Waals surface area contributed by atoms with Crippen LogP contribution in [0.25, 0.3) is 0 Å². The Bertz CT molecular complexity index is 343. The molecule has 0 unspecified atom stereocenters. The van der Waals surface area contributed by atoms with Gasteiger partial charge in [0.15, 0.2) is 0 Å². The van der Waals surface area contributed by atoms with Crippen molar-refractivity contribution in [3.8, 4) is 0 Å². The Morgan fingerprint density at radius 2 is 1.88 bits per heavy atom. The molecule has 96 valence electrons. The van der Waals surface area contributed by atoms with Crippen LogP contribution in [0.1, 0.15) is 39.0 Å². The summed E-state index contributed by atoms with van der Waals surface area (Å²) < 4.78 is 0. The van der Waals surface area contributed by atoms with Gasteiger partial charge in [-0.15, -0.1) is 0 Å². The zero-order valence-electron chi connectivity index (χ0n) is 11.7. The standard InChI is InChI=1S/C14H25N3/c1-6-17(7-2)14-9-8-13(12(5)16-14)10-15-11(3)4/h8-9,11,15H,6-7,10H2,1-5H3. The van der Waals surface area contributed by atoms with E-state index in [0.717, 1.165) is 31.1 Å². The summed E-state index contributed by atoms with van der Waals surface area (Å²) in [6.07, 6.45) is 0. The Kier molecular flexibility index (Phi) is 5.42. The summed E-state index contributed by atoms with van der Waals surface area (Å²) >= 11 is 0. The first-order chi connectivity index (χ1) is 8.08. The molecule has 17 heavy (non-hydrogen) atoms. The molecule has 3 nitrogen and oxygen atoms in total. The molecule has 3 heteroatoms. The van der Waals surface area contributed by atoms with Crippen LogP contribution in [0.3, 0.4) is 0 Å². The SMILES string of the molecule is CCN(CC)c1ccc(CNC(C)C)c(C)n1. The van der Waals surface area contributed by atoms with Crippen molar-refractivity contribution in [1.29, 1.82) is 0 Å². The van der Waals surface area contributed by atoms with E-state index in [1.807, 2.05) is 0 Å². The highest BCUT2D eigenvalue weighted by Gasteiger charge is 2.06. The van der Waals surface area contributed by atoms with E-state index in [1.165, 1.54) is 5.56 Å². The fourth-order valence-corrected chi connectivity index (χ4v) is 1.80. The van der Waals surface area contributed by atoms with Crippen molar-refractivity contribution in [2.45, 2.75) is 47.2 Å². The van der Waals surface area contributed by atoms with Crippen LogP contribution in [0.4, 0.5) is 5.82 Å². The number of rotatable bonds is 6. The number of anilines is 1. The van der Waals surface area contributed by atoms with Crippen LogP contribution in [-0.2, 0) is 6.54 Å². The van der Waals surface area contributed by atoms with Gasteiger partial charge >= 0.3 is 0 Å². The third-order valence-electron chi connectivity index (χ3n) is 2.97. The zero-order valence-corrected chi connectivity index (χ0v) is 11.7. The Balaban J connectivity index is 2.78. The molecule has 1 aromatic heterocycles. The second kappa shape index (κ2) is 6.60. The fourth-order valence-electron chi connectivity index (χ4n) is 1.80. The third-order valence-corrected chi connectivity index (χ3v) is 2.97. The number of nitrogens with zero attached hydrogens (tertiary/aromatic N) is 2. The zero-order chi connectivity index (χ0) is 12.8. The lowest BCUT2D eigenvalue weighted by Crippen LogP contribution is -2.25. The quantitative estimate of drug-likeness (QED) is 0.821. The molecule has 0 bridgehead atoms. The second-order valence-corrected chi connectivity index (χ2v) is 4.62. The van der Waals surface area contributed by atoms with Gasteiger partial charge in [-0.1, -0.05) is 19.9 Å². The minimum absolute atomic E-state index is 0.511. The Labute approximate surface area is 105 Å². The van der Waals surface area contributed by atoms with E-state index in [2.05, 4.69) is 62.0 Å². The number of hydrogen-bond acceptors (Lipinski definition) is 3. The molecule has 0 saturated heterocycles. The van der Waals surface area contributed by atoms with E-state index < -0.39 is 0 Å². The lowest BCUT2D eigenvalue weighted by Gasteiger charge is -2.21. The summed E-state index contributed by atoms with van der Waals surface area (Å²) in [7, 11) is 0. The molecule has 1 N–H and O–H groups in total. The highest BCUT2D eigenvalue weighted by atomic mass is 15.2. The maximum Gasteiger partial charge on any atom is 0.128 e. The van der Waals surface area contributed by atoms with Crippen LogP contribution < -0.4 is 10.2 Å². The summed E-state index contributed by atoms with van der Waals surface area (Å²) in [6, 6.07) is 4.82. The Hall–Kier alpha value is -1.09. The van der Waals surface area contributed by atoms with Crippen LogP contribution in [0.5, 0.6) is 0 Å². The molecular formula is C14H25N3. The molecule has 0 amide bonds. The first-order valence-electron chi connectivity index (χ1n) is 6.53. The molecule has 0 saturated carbocycles.